The number of hydrogen-bond donors (Lipinski definition) is 0. The lowest BCUT2D eigenvalue weighted by atomic mass is 10.3. The van der Waals surface area contributed by atoms with E-state index < -0.39 is 0 Å². The van der Waals surface area contributed by atoms with Gasteiger partial charge in [0.1, 0.15) is 5.01 Å². The van der Waals surface area contributed by atoms with Crippen LogP contribution in [-0.2, 0) is 27.3 Å². The molecule has 1 rings (SSSR count). The number of hydrogen-bond acceptors (Lipinski definition) is 5. The molecular formula is C11H17NO3S. The maximum atomic E-state index is 11.2. The summed E-state index contributed by atoms with van der Waals surface area (Å²) in [7, 11) is 0. The number of thiazole rings is 1. The number of esters is 1. The summed E-state index contributed by atoms with van der Waals surface area (Å²) >= 11 is 1.52. The van der Waals surface area contributed by atoms with Crippen molar-refractivity contribution >= 4 is 17.3 Å². The summed E-state index contributed by atoms with van der Waals surface area (Å²) in [5.41, 5.74) is 0.763. The molecule has 0 bridgehead atoms. The quantitative estimate of drug-likeness (QED) is 0.544. The highest BCUT2D eigenvalue weighted by Gasteiger charge is 2.08. The average molecular weight is 243 g/mol. The van der Waals surface area contributed by atoms with Crippen LogP contribution in [0.5, 0.6) is 0 Å². The van der Waals surface area contributed by atoms with Crippen LogP contribution >= 0.6 is 11.3 Å². The lowest BCUT2D eigenvalue weighted by Gasteiger charge is -1.99. The number of carbonyl (C=O) groups is 1. The van der Waals surface area contributed by atoms with Gasteiger partial charge in [-0.3, -0.25) is 4.79 Å². The summed E-state index contributed by atoms with van der Waals surface area (Å²) in [6.45, 7) is 5.54. The van der Waals surface area contributed by atoms with Crippen LogP contribution in [0.4, 0.5) is 0 Å². The molecule has 1 heterocycles. The van der Waals surface area contributed by atoms with Gasteiger partial charge in [0.2, 0.25) is 0 Å². The molecule has 16 heavy (non-hydrogen) atoms. The Morgan fingerprint density at radius 3 is 3.00 bits per heavy atom. The molecule has 0 radical (unpaired) electrons. The number of nitrogens with zero attached hydrogens (tertiary/aromatic N) is 1. The van der Waals surface area contributed by atoms with E-state index in [1.807, 2.05) is 5.38 Å². The van der Waals surface area contributed by atoms with Crippen LogP contribution in [0, 0.1) is 0 Å². The fourth-order valence-electron chi connectivity index (χ4n) is 1.16. The Hall–Kier alpha value is -0.940. The zero-order chi connectivity index (χ0) is 11.8. The zero-order valence-corrected chi connectivity index (χ0v) is 10.5. The first-order chi connectivity index (χ1) is 7.76. The Labute approximate surface area is 99.6 Å². The van der Waals surface area contributed by atoms with Crippen molar-refractivity contribution < 1.29 is 14.3 Å². The van der Waals surface area contributed by atoms with Gasteiger partial charge in [-0.15, -0.1) is 11.3 Å². The Balaban J connectivity index is 2.36. The van der Waals surface area contributed by atoms with Crippen molar-refractivity contribution in [1.82, 2.24) is 4.98 Å². The van der Waals surface area contributed by atoms with Crippen molar-refractivity contribution in [2.24, 2.45) is 0 Å². The molecule has 0 aliphatic rings. The number of rotatable bonds is 7. The number of ether oxygens (including phenoxy) is 2. The fraction of sp³-hybridized carbons (Fsp3) is 0.636. The molecule has 0 N–H and O–H groups in total. The Morgan fingerprint density at radius 2 is 2.31 bits per heavy atom. The predicted molar refractivity (Wildman–Crippen MR) is 62.4 cm³/mol. The fourth-order valence-corrected chi connectivity index (χ4v) is 1.89. The summed E-state index contributed by atoms with van der Waals surface area (Å²) in [5, 5.41) is 2.79. The minimum Gasteiger partial charge on any atom is -0.466 e. The molecule has 0 atom stereocenters. The van der Waals surface area contributed by atoms with Gasteiger partial charge in [-0.25, -0.2) is 4.98 Å². The minimum absolute atomic E-state index is 0.228. The first-order valence-electron chi connectivity index (χ1n) is 5.42. The Morgan fingerprint density at radius 1 is 1.50 bits per heavy atom. The molecule has 0 aromatic carbocycles. The van der Waals surface area contributed by atoms with Gasteiger partial charge in [0.25, 0.3) is 0 Å². The second-order valence-corrected chi connectivity index (χ2v) is 4.21. The standard InChI is InChI=1S/C11H17NO3S/c1-3-5-14-7-10-12-9(8-16-10)6-11(13)15-4-2/h8H,3-7H2,1-2H3. The molecular weight excluding hydrogens is 226 g/mol. The van der Waals surface area contributed by atoms with E-state index in [0.29, 0.717) is 13.2 Å². The molecule has 0 fully saturated rings. The molecule has 5 heteroatoms. The first kappa shape index (κ1) is 13.1. The van der Waals surface area contributed by atoms with Gasteiger partial charge in [-0.05, 0) is 13.3 Å². The molecule has 0 amide bonds. The first-order valence-corrected chi connectivity index (χ1v) is 6.30. The van der Waals surface area contributed by atoms with Gasteiger partial charge in [-0.2, -0.15) is 0 Å². The molecule has 0 unspecified atom stereocenters. The van der Waals surface area contributed by atoms with Crippen LogP contribution in [-0.4, -0.2) is 24.2 Å². The summed E-state index contributed by atoms with van der Waals surface area (Å²) < 4.78 is 10.2. The summed E-state index contributed by atoms with van der Waals surface area (Å²) in [5.74, 6) is -0.228. The number of carbonyl (C=O) groups excluding carboxylic acids is 1. The molecule has 0 saturated carbocycles. The molecule has 0 saturated heterocycles. The summed E-state index contributed by atoms with van der Waals surface area (Å²) in [6, 6.07) is 0. The van der Waals surface area contributed by atoms with Crippen molar-refractivity contribution in [2.45, 2.75) is 33.3 Å². The van der Waals surface area contributed by atoms with Gasteiger partial charge in [-0.1, -0.05) is 6.92 Å². The zero-order valence-electron chi connectivity index (χ0n) is 9.69. The van der Waals surface area contributed by atoms with Crippen LogP contribution in [0.2, 0.25) is 0 Å². The van der Waals surface area contributed by atoms with Crippen LogP contribution in [0.3, 0.4) is 0 Å². The van der Waals surface area contributed by atoms with Crippen molar-refractivity contribution in [3.63, 3.8) is 0 Å². The van der Waals surface area contributed by atoms with E-state index in [1.165, 1.54) is 11.3 Å². The minimum atomic E-state index is -0.228. The topological polar surface area (TPSA) is 48.4 Å². The van der Waals surface area contributed by atoms with Crippen LogP contribution in [0.25, 0.3) is 0 Å². The van der Waals surface area contributed by atoms with E-state index >= 15 is 0 Å². The molecule has 0 aliphatic heterocycles. The predicted octanol–water partition coefficient (Wildman–Crippen LogP) is 2.18. The lowest BCUT2D eigenvalue weighted by molar-refractivity contribution is -0.142. The maximum Gasteiger partial charge on any atom is 0.311 e. The van der Waals surface area contributed by atoms with Gasteiger partial charge in [0, 0.05) is 12.0 Å². The summed E-state index contributed by atoms with van der Waals surface area (Å²) in [4.78, 5) is 15.5. The molecule has 4 nitrogen and oxygen atoms in total. The monoisotopic (exact) mass is 243 g/mol. The van der Waals surface area contributed by atoms with E-state index in [9.17, 15) is 4.79 Å². The molecule has 90 valence electrons. The van der Waals surface area contributed by atoms with Crippen molar-refractivity contribution in [3.8, 4) is 0 Å². The molecule has 1 aromatic rings. The van der Waals surface area contributed by atoms with Gasteiger partial charge < -0.3 is 9.47 Å². The van der Waals surface area contributed by atoms with E-state index in [2.05, 4.69) is 11.9 Å². The van der Waals surface area contributed by atoms with Crippen molar-refractivity contribution in [3.05, 3.63) is 16.1 Å². The van der Waals surface area contributed by atoms with Crippen LogP contribution in [0.1, 0.15) is 31.0 Å². The normalized spacial score (nSPS) is 10.4. The van der Waals surface area contributed by atoms with E-state index in [-0.39, 0.29) is 12.4 Å². The van der Waals surface area contributed by atoms with E-state index in [4.69, 9.17) is 9.47 Å². The third-order valence-electron chi connectivity index (χ3n) is 1.80. The average Bonchev–Trinajstić information content (AvgIpc) is 2.66. The van der Waals surface area contributed by atoms with Gasteiger partial charge in [0.05, 0.1) is 25.3 Å². The third kappa shape index (κ3) is 4.72. The van der Waals surface area contributed by atoms with E-state index in [0.717, 1.165) is 23.7 Å². The Bertz CT molecular complexity index is 325. The molecule has 0 spiro atoms. The lowest BCUT2D eigenvalue weighted by Crippen LogP contribution is -2.07. The van der Waals surface area contributed by atoms with Crippen molar-refractivity contribution in [2.75, 3.05) is 13.2 Å². The Kier molecular flexibility index (Phi) is 6.03. The maximum absolute atomic E-state index is 11.2. The smallest absolute Gasteiger partial charge is 0.311 e. The highest BCUT2D eigenvalue weighted by molar-refractivity contribution is 7.09. The van der Waals surface area contributed by atoms with Gasteiger partial charge in [0.15, 0.2) is 0 Å². The van der Waals surface area contributed by atoms with Crippen molar-refractivity contribution in [1.29, 1.82) is 0 Å². The van der Waals surface area contributed by atoms with Crippen LogP contribution < -0.4 is 0 Å². The van der Waals surface area contributed by atoms with Crippen LogP contribution in [0.15, 0.2) is 5.38 Å². The number of aromatic nitrogens is 1. The second-order valence-electron chi connectivity index (χ2n) is 3.27. The van der Waals surface area contributed by atoms with E-state index in [1.54, 1.807) is 6.92 Å². The SMILES string of the molecule is CCCOCc1nc(CC(=O)OCC)cs1. The second kappa shape index (κ2) is 7.35. The summed E-state index contributed by atoms with van der Waals surface area (Å²) in [6.07, 6.45) is 1.25. The largest absolute Gasteiger partial charge is 0.466 e. The molecule has 1 aromatic heterocycles. The highest BCUT2D eigenvalue weighted by atomic mass is 32.1. The molecule has 0 aliphatic carbocycles. The highest BCUT2D eigenvalue weighted by Crippen LogP contribution is 2.12. The van der Waals surface area contributed by atoms with Gasteiger partial charge >= 0.3 is 5.97 Å². The third-order valence-corrected chi connectivity index (χ3v) is 2.68.